The lowest BCUT2D eigenvalue weighted by Gasteiger charge is -2.12. The number of benzene rings is 3. The Balaban J connectivity index is 1.51. The van der Waals surface area contributed by atoms with Crippen molar-refractivity contribution in [3.63, 3.8) is 0 Å². The van der Waals surface area contributed by atoms with Gasteiger partial charge in [-0.05, 0) is 53.9 Å². The second kappa shape index (κ2) is 13.1. The van der Waals surface area contributed by atoms with Gasteiger partial charge < -0.3 is 9.47 Å². The minimum Gasteiger partial charge on any atom is -0.490 e. The number of nitrogens with zero attached hydrogens (tertiary/aromatic N) is 1. The van der Waals surface area contributed by atoms with Crippen LogP contribution in [-0.4, -0.2) is 24.5 Å². The van der Waals surface area contributed by atoms with E-state index in [2.05, 4.69) is 10.5 Å². The van der Waals surface area contributed by atoms with E-state index in [1.165, 1.54) is 11.8 Å². The molecule has 0 aromatic heterocycles. The van der Waals surface area contributed by atoms with Crippen LogP contribution in [0.2, 0.25) is 10.0 Å². The summed E-state index contributed by atoms with van der Waals surface area (Å²) in [5, 5.41) is 5.23. The summed E-state index contributed by atoms with van der Waals surface area (Å²) in [5.74, 6) is 1.83. The van der Waals surface area contributed by atoms with Crippen LogP contribution in [0.1, 0.15) is 23.6 Å². The predicted octanol–water partition coefficient (Wildman–Crippen LogP) is 6.35. The Labute approximate surface area is 208 Å². The van der Waals surface area contributed by atoms with Crippen LogP contribution in [0, 0.1) is 0 Å². The third-order valence-corrected chi connectivity index (χ3v) is 6.12. The third-order valence-electron chi connectivity index (χ3n) is 4.45. The van der Waals surface area contributed by atoms with Gasteiger partial charge in [-0.1, -0.05) is 59.6 Å². The van der Waals surface area contributed by atoms with E-state index < -0.39 is 0 Å². The molecule has 0 bridgehead atoms. The van der Waals surface area contributed by atoms with E-state index in [1.54, 1.807) is 24.4 Å². The number of ether oxygens (including phenoxy) is 2. The van der Waals surface area contributed by atoms with E-state index in [4.69, 9.17) is 32.7 Å². The Morgan fingerprint density at radius 1 is 1.00 bits per heavy atom. The number of carbonyl (C=O) groups excluding carboxylic acids is 1. The first-order valence-electron chi connectivity index (χ1n) is 10.3. The summed E-state index contributed by atoms with van der Waals surface area (Å²) in [4.78, 5) is 12.1. The standard InChI is InChI=1S/C25H24Cl2N2O3S/c1-2-31-24-13-19(11-12-23(24)32-15-18-7-4-3-5-8-18)14-28-29-25(30)17-33-16-20-21(26)9-6-10-22(20)27/h3-14H,2,15-17H2,1H3,(H,29,30)/b28-14-. The molecule has 172 valence electrons. The van der Waals surface area contributed by atoms with Crippen molar-refractivity contribution in [3.05, 3.63) is 93.5 Å². The van der Waals surface area contributed by atoms with Crippen LogP contribution >= 0.6 is 35.0 Å². The maximum absolute atomic E-state index is 12.1. The van der Waals surface area contributed by atoms with E-state index in [9.17, 15) is 4.79 Å². The zero-order valence-electron chi connectivity index (χ0n) is 18.1. The summed E-state index contributed by atoms with van der Waals surface area (Å²) in [6, 6.07) is 20.8. The number of hydrogen-bond donors (Lipinski definition) is 1. The lowest BCUT2D eigenvalue weighted by molar-refractivity contribution is -0.118. The summed E-state index contributed by atoms with van der Waals surface area (Å²) in [6.07, 6.45) is 1.57. The molecule has 8 heteroatoms. The van der Waals surface area contributed by atoms with E-state index in [0.717, 1.165) is 16.7 Å². The highest BCUT2D eigenvalue weighted by molar-refractivity contribution is 7.99. The molecule has 0 unspecified atom stereocenters. The Morgan fingerprint density at radius 2 is 1.76 bits per heavy atom. The molecule has 3 rings (SSSR count). The highest BCUT2D eigenvalue weighted by Gasteiger charge is 2.08. The molecule has 1 amide bonds. The number of nitrogens with one attached hydrogen (secondary N) is 1. The molecule has 0 heterocycles. The van der Waals surface area contributed by atoms with E-state index in [1.807, 2.05) is 55.5 Å². The van der Waals surface area contributed by atoms with Gasteiger partial charge >= 0.3 is 0 Å². The fourth-order valence-electron chi connectivity index (χ4n) is 2.85. The smallest absolute Gasteiger partial charge is 0.250 e. The first-order chi connectivity index (χ1) is 16.1. The van der Waals surface area contributed by atoms with Gasteiger partial charge in [-0.3, -0.25) is 4.79 Å². The number of carbonyl (C=O) groups is 1. The van der Waals surface area contributed by atoms with Crippen LogP contribution in [0.25, 0.3) is 0 Å². The monoisotopic (exact) mass is 502 g/mol. The zero-order chi connectivity index (χ0) is 23.5. The number of amides is 1. The maximum atomic E-state index is 12.1. The summed E-state index contributed by atoms with van der Waals surface area (Å²) >= 11 is 13.7. The largest absolute Gasteiger partial charge is 0.490 e. The molecule has 0 aliphatic carbocycles. The van der Waals surface area contributed by atoms with E-state index in [0.29, 0.717) is 40.5 Å². The summed E-state index contributed by atoms with van der Waals surface area (Å²) in [5.41, 5.74) is 5.20. The average Bonchev–Trinajstić information content (AvgIpc) is 2.81. The van der Waals surface area contributed by atoms with Crippen LogP contribution in [-0.2, 0) is 17.2 Å². The lowest BCUT2D eigenvalue weighted by atomic mass is 10.2. The average molecular weight is 503 g/mol. The number of halogens is 2. The van der Waals surface area contributed by atoms with Gasteiger partial charge in [0.05, 0.1) is 18.6 Å². The van der Waals surface area contributed by atoms with Gasteiger partial charge in [0.25, 0.3) is 0 Å². The molecule has 0 spiro atoms. The van der Waals surface area contributed by atoms with Crippen LogP contribution in [0.15, 0.2) is 71.8 Å². The third kappa shape index (κ3) is 8.00. The van der Waals surface area contributed by atoms with E-state index in [-0.39, 0.29) is 11.7 Å². The molecule has 3 aromatic rings. The van der Waals surface area contributed by atoms with Gasteiger partial charge in [-0.15, -0.1) is 11.8 Å². The van der Waals surface area contributed by atoms with Crippen molar-refractivity contribution in [2.75, 3.05) is 12.4 Å². The molecule has 0 saturated carbocycles. The van der Waals surface area contributed by atoms with Gasteiger partial charge in [0, 0.05) is 15.8 Å². The van der Waals surface area contributed by atoms with Crippen molar-refractivity contribution in [1.82, 2.24) is 5.43 Å². The van der Waals surface area contributed by atoms with Gasteiger partial charge in [0.2, 0.25) is 5.91 Å². The summed E-state index contributed by atoms with van der Waals surface area (Å²) in [7, 11) is 0. The van der Waals surface area contributed by atoms with Crippen molar-refractivity contribution >= 4 is 47.1 Å². The van der Waals surface area contributed by atoms with Crippen molar-refractivity contribution in [1.29, 1.82) is 0 Å². The van der Waals surface area contributed by atoms with Crippen molar-refractivity contribution < 1.29 is 14.3 Å². The molecule has 0 fully saturated rings. The number of hydrazone groups is 1. The molecule has 0 aliphatic heterocycles. The normalized spacial score (nSPS) is 10.9. The molecule has 33 heavy (non-hydrogen) atoms. The lowest BCUT2D eigenvalue weighted by Crippen LogP contribution is -2.19. The fourth-order valence-corrected chi connectivity index (χ4v) is 4.41. The molecule has 0 aliphatic rings. The Morgan fingerprint density at radius 3 is 2.48 bits per heavy atom. The molecule has 3 aromatic carbocycles. The minimum atomic E-state index is -0.215. The topological polar surface area (TPSA) is 59.9 Å². The SMILES string of the molecule is CCOc1cc(/C=N\NC(=O)CSCc2c(Cl)cccc2Cl)ccc1OCc1ccccc1. The fraction of sp³-hybridized carbons (Fsp3) is 0.200. The van der Waals surface area contributed by atoms with E-state index >= 15 is 0 Å². The van der Waals surface area contributed by atoms with Crippen molar-refractivity contribution in [2.45, 2.75) is 19.3 Å². The summed E-state index contributed by atoms with van der Waals surface area (Å²) in [6.45, 7) is 2.86. The first-order valence-corrected chi connectivity index (χ1v) is 12.2. The zero-order valence-corrected chi connectivity index (χ0v) is 20.4. The quantitative estimate of drug-likeness (QED) is 0.245. The van der Waals surface area contributed by atoms with Crippen LogP contribution in [0.4, 0.5) is 0 Å². The van der Waals surface area contributed by atoms with Gasteiger partial charge in [0.15, 0.2) is 11.5 Å². The number of thioether (sulfide) groups is 1. The van der Waals surface area contributed by atoms with Gasteiger partial charge in [-0.25, -0.2) is 5.43 Å². The number of hydrogen-bond acceptors (Lipinski definition) is 5. The highest BCUT2D eigenvalue weighted by atomic mass is 35.5. The molecule has 0 saturated heterocycles. The highest BCUT2D eigenvalue weighted by Crippen LogP contribution is 2.29. The number of rotatable bonds is 11. The molecule has 1 N–H and O–H groups in total. The predicted molar refractivity (Wildman–Crippen MR) is 137 cm³/mol. The Bertz CT molecular complexity index is 1070. The van der Waals surface area contributed by atoms with Crippen LogP contribution in [0.3, 0.4) is 0 Å². The van der Waals surface area contributed by atoms with Crippen LogP contribution in [0.5, 0.6) is 11.5 Å². The maximum Gasteiger partial charge on any atom is 0.250 e. The Kier molecular flexibility index (Phi) is 9.94. The van der Waals surface area contributed by atoms with Crippen LogP contribution < -0.4 is 14.9 Å². The van der Waals surface area contributed by atoms with Crippen molar-refractivity contribution in [3.8, 4) is 11.5 Å². The minimum absolute atomic E-state index is 0.215. The van der Waals surface area contributed by atoms with Gasteiger partial charge in [0.1, 0.15) is 6.61 Å². The molecule has 5 nitrogen and oxygen atoms in total. The second-order valence-electron chi connectivity index (χ2n) is 6.90. The Hall–Kier alpha value is -2.67. The second-order valence-corrected chi connectivity index (χ2v) is 8.70. The summed E-state index contributed by atoms with van der Waals surface area (Å²) < 4.78 is 11.6. The molecule has 0 atom stereocenters. The van der Waals surface area contributed by atoms with Gasteiger partial charge in [-0.2, -0.15) is 5.10 Å². The molecule has 0 radical (unpaired) electrons. The molecular formula is C25H24Cl2N2O3S. The first kappa shape index (κ1) is 25.0. The molecular weight excluding hydrogens is 479 g/mol. The van der Waals surface area contributed by atoms with Crippen molar-refractivity contribution in [2.24, 2.45) is 5.10 Å².